The van der Waals surface area contributed by atoms with Crippen molar-refractivity contribution in [2.75, 3.05) is 0 Å². The maximum absolute atomic E-state index is 10.7. The van der Waals surface area contributed by atoms with Crippen LogP contribution in [-0.4, -0.2) is 25.4 Å². The number of nitro groups is 2. The fourth-order valence-corrected chi connectivity index (χ4v) is 2.73. The number of nitrogens with zero attached hydrogens (tertiary/aromatic N) is 2. The van der Waals surface area contributed by atoms with Crippen molar-refractivity contribution < 1.29 is 19.7 Å². The number of phenolic OH excluding ortho intramolecular Hbond substituents is 1. The Morgan fingerprint density at radius 3 is 1.73 bits per heavy atom. The third-order valence-electron chi connectivity index (χ3n) is 3.30. The van der Waals surface area contributed by atoms with E-state index in [0.717, 1.165) is 6.07 Å². The summed E-state index contributed by atoms with van der Waals surface area (Å²) in [4.78, 5) is 19.5. The molecular weight excluding hydrogens is 678 g/mol. The van der Waals surface area contributed by atoms with Crippen LogP contribution in [0.15, 0.2) is 36.4 Å². The third-order valence-corrected chi connectivity index (χ3v) is 5.24. The molecule has 2 aromatic rings. The van der Waals surface area contributed by atoms with Crippen molar-refractivity contribution in [3.63, 3.8) is 0 Å². The molecule has 33 heavy (non-hydrogen) atoms. The molecule has 0 atom stereocenters. The fraction of sp³-hybridized carbons (Fsp3) is 0.273. The first kappa shape index (κ1) is 30.7. The van der Waals surface area contributed by atoms with E-state index in [1.54, 1.807) is 39.8 Å². The zero-order valence-corrected chi connectivity index (χ0v) is 23.2. The van der Waals surface area contributed by atoms with E-state index in [1.807, 2.05) is 45.2 Å². The number of nitro benzene ring substituents is 2. The molecule has 0 saturated carbocycles. The quantitative estimate of drug-likeness (QED) is 0.128. The molecule has 176 valence electrons. The first-order valence-electron chi connectivity index (χ1n) is 8.93. The van der Waals surface area contributed by atoms with Gasteiger partial charge >= 0.3 is 0 Å². The Morgan fingerprint density at radius 2 is 1.36 bits per heavy atom. The van der Waals surface area contributed by atoms with Crippen molar-refractivity contribution in [1.29, 1.82) is 0 Å². The highest BCUT2D eigenvalue weighted by Gasteiger charge is 2.19. The van der Waals surface area contributed by atoms with Crippen molar-refractivity contribution in [1.82, 2.24) is 0 Å². The highest BCUT2D eigenvalue weighted by atomic mass is 127. The molecule has 0 aliphatic carbocycles. The van der Waals surface area contributed by atoms with Gasteiger partial charge in [0.2, 0.25) is 0 Å². The maximum Gasteiger partial charge on any atom is 0.286 e. The summed E-state index contributed by atoms with van der Waals surface area (Å²) < 4.78 is 6.54. The van der Waals surface area contributed by atoms with Gasteiger partial charge in [0.15, 0.2) is 5.60 Å². The van der Waals surface area contributed by atoms with Crippen molar-refractivity contribution in [3.8, 4) is 36.2 Å². The second-order valence-electron chi connectivity index (χ2n) is 7.14. The molecule has 0 heterocycles. The zero-order valence-electron chi connectivity index (χ0n) is 18.1. The van der Waals surface area contributed by atoms with Gasteiger partial charge in [0.05, 0.1) is 34.0 Å². The van der Waals surface area contributed by atoms with Crippen LogP contribution in [0.1, 0.15) is 27.7 Å². The minimum atomic E-state index is -0.777. The normalized spacial score (nSPS) is 10.2. The number of ether oxygens (including phenoxy) is 1. The maximum atomic E-state index is 10.7. The fourth-order valence-electron chi connectivity index (χ4n) is 1.66. The van der Waals surface area contributed by atoms with Crippen LogP contribution in [-0.2, 0) is 0 Å². The van der Waals surface area contributed by atoms with E-state index in [9.17, 15) is 20.2 Å². The molecule has 0 bridgehead atoms. The summed E-state index contributed by atoms with van der Waals surface area (Å²) in [5.41, 5.74) is -0.822. The second kappa shape index (κ2) is 13.4. The van der Waals surface area contributed by atoms with E-state index in [4.69, 9.17) is 34.3 Å². The van der Waals surface area contributed by atoms with E-state index in [1.165, 1.54) is 18.2 Å². The highest BCUT2D eigenvalue weighted by molar-refractivity contribution is 14.1. The molecule has 2 rings (SSSR count). The van der Waals surface area contributed by atoms with E-state index in [2.05, 4.69) is 11.8 Å². The number of terminal acetylenes is 2. The molecule has 2 aromatic carbocycles. The number of phenols is 1. The molecule has 0 fully saturated rings. The molecule has 0 spiro atoms. The SMILES string of the molecule is C#CC(C)(C)Cl.C#CC(C)(C)Oc1ccc(I)c([N+](=O)[O-])c1.O=[N+]([O-])c1cc(O)ccc1I. The van der Waals surface area contributed by atoms with Gasteiger partial charge in [0.25, 0.3) is 11.4 Å². The first-order valence-corrected chi connectivity index (χ1v) is 11.5. The van der Waals surface area contributed by atoms with Crippen LogP contribution >= 0.6 is 56.8 Å². The minimum Gasteiger partial charge on any atom is -0.508 e. The van der Waals surface area contributed by atoms with Crippen molar-refractivity contribution in [3.05, 3.63) is 63.8 Å². The first-order chi connectivity index (χ1) is 15.0. The number of aromatic hydroxyl groups is 1. The van der Waals surface area contributed by atoms with Crippen LogP contribution in [0.5, 0.6) is 11.5 Å². The smallest absolute Gasteiger partial charge is 0.286 e. The summed E-state index contributed by atoms with van der Waals surface area (Å²) in [6, 6.07) is 8.69. The number of hydrogen-bond acceptors (Lipinski definition) is 6. The van der Waals surface area contributed by atoms with Gasteiger partial charge in [0.1, 0.15) is 11.5 Å². The lowest BCUT2D eigenvalue weighted by molar-refractivity contribution is -0.386. The third kappa shape index (κ3) is 12.5. The molecule has 0 aliphatic heterocycles. The van der Waals surface area contributed by atoms with Gasteiger partial charge in [-0.3, -0.25) is 20.2 Å². The molecule has 1 N–H and O–H groups in total. The zero-order chi connectivity index (χ0) is 26.0. The average Bonchev–Trinajstić information content (AvgIpc) is 2.71. The van der Waals surface area contributed by atoms with Crippen molar-refractivity contribution in [2.24, 2.45) is 0 Å². The monoisotopic (exact) mass is 698 g/mol. The average molecular weight is 699 g/mol. The summed E-state index contributed by atoms with van der Waals surface area (Å²) in [6.45, 7) is 6.98. The largest absolute Gasteiger partial charge is 0.508 e. The summed E-state index contributed by atoms with van der Waals surface area (Å²) in [6.07, 6.45) is 10.2. The van der Waals surface area contributed by atoms with E-state index in [-0.39, 0.29) is 17.1 Å². The van der Waals surface area contributed by atoms with Crippen LogP contribution in [0.2, 0.25) is 0 Å². The van der Waals surface area contributed by atoms with Crippen molar-refractivity contribution in [2.45, 2.75) is 38.2 Å². The van der Waals surface area contributed by atoms with Gasteiger partial charge in [-0.05, 0) is 97.1 Å². The summed E-state index contributed by atoms with van der Waals surface area (Å²) in [5, 5.41) is 29.9. The van der Waals surface area contributed by atoms with E-state index < -0.39 is 20.3 Å². The van der Waals surface area contributed by atoms with Gasteiger partial charge in [-0.1, -0.05) is 11.8 Å². The number of hydrogen-bond donors (Lipinski definition) is 1. The van der Waals surface area contributed by atoms with Crippen LogP contribution in [0.4, 0.5) is 11.4 Å². The Hall–Kier alpha value is -2.29. The van der Waals surface area contributed by atoms with Crippen LogP contribution in [0.25, 0.3) is 0 Å². The predicted octanol–water partition coefficient (Wildman–Crippen LogP) is 6.53. The summed E-state index contributed by atoms with van der Waals surface area (Å²) >= 11 is 9.22. The topological polar surface area (TPSA) is 116 Å². The van der Waals surface area contributed by atoms with Gasteiger partial charge in [-0.25, -0.2) is 0 Å². The predicted molar refractivity (Wildman–Crippen MR) is 146 cm³/mol. The highest BCUT2D eigenvalue weighted by Crippen LogP contribution is 2.28. The van der Waals surface area contributed by atoms with E-state index >= 15 is 0 Å². The Kier molecular flexibility index (Phi) is 12.5. The summed E-state index contributed by atoms with van der Waals surface area (Å²) in [7, 11) is 0. The molecule has 0 radical (unpaired) electrons. The van der Waals surface area contributed by atoms with Gasteiger partial charge in [0, 0.05) is 0 Å². The molecule has 0 amide bonds. The Morgan fingerprint density at radius 1 is 0.939 bits per heavy atom. The molecule has 8 nitrogen and oxygen atoms in total. The molecule has 0 aliphatic rings. The standard InChI is InChI=1S/C11H10INO3.C6H4INO3.C5H7Cl/c1-4-11(2,3)16-8-5-6-9(12)10(7-8)13(14)15;7-5-2-1-4(9)3-6(5)8(10)11;1-4-5(2,3)6/h1,5-7H,2-3H3;1-3,9H;1H,2-3H3. The minimum absolute atomic E-state index is 0.0194. The lowest BCUT2D eigenvalue weighted by atomic mass is 10.1. The summed E-state index contributed by atoms with van der Waals surface area (Å²) in [5.74, 6) is 5.14. The number of alkyl halides is 1. The molecule has 0 saturated heterocycles. The Balaban J connectivity index is 0.000000520. The Bertz CT molecular complexity index is 1090. The number of rotatable bonds is 4. The van der Waals surface area contributed by atoms with Gasteiger partial charge in [-0.15, -0.1) is 24.4 Å². The number of benzene rings is 2. The molecule has 11 heteroatoms. The lowest BCUT2D eigenvalue weighted by Gasteiger charge is -2.19. The second-order valence-corrected chi connectivity index (χ2v) is 10.4. The van der Waals surface area contributed by atoms with Gasteiger partial charge < -0.3 is 9.84 Å². The molecule has 0 aromatic heterocycles. The van der Waals surface area contributed by atoms with Crippen LogP contribution in [0.3, 0.4) is 0 Å². The Labute approximate surface area is 224 Å². The number of halogens is 3. The molecule has 0 unspecified atom stereocenters. The van der Waals surface area contributed by atoms with Crippen LogP contribution in [0, 0.1) is 52.1 Å². The van der Waals surface area contributed by atoms with Gasteiger partial charge in [-0.2, -0.15) is 0 Å². The van der Waals surface area contributed by atoms with E-state index in [0.29, 0.717) is 12.9 Å². The molecular formula is C22H21ClI2N2O6. The van der Waals surface area contributed by atoms with Crippen LogP contribution < -0.4 is 4.74 Å². The van der Waals surface area contributed by atoms with Crippen molar-refractivity contribution >= 4 is 68.2 Å². The lowest BCUT2D eigenvalue weighted by Crippen LogP contribution is -2.25.